The van der Waals surface area contributed by atoms with Gasteiger partial charge in [0.1, 0.15) is 22.8 Å². The number of aromatic amines is 1. The maximum atomic E-state index is 13.9. The molecule has 0 radical (unpaired) electrons. The Morgan fingerprint density at radius 3 is 2.65 bits per heavy atom. The molecule has 0 saturated carbocycles. The fourth-order valence-corrected chi connectivity index (χ4v) is 9.26. The largest absolute Gasteiger partial charge is 0.455 e. The van der Waals surface area contributed by atoms with Crippen molar-refractivity contribution in [1.82, 2.24) is 24.5 Å². The Labute approximate surface area is 360 Å². The van der Waals surface area contributed by atoms with Gasteiger partial charge in [-0.3, -0.25) is 19.8 Å². The molecule has 62 heavy (non-hydrogen) atoms. The van der Waals surface area contributed by atoms with Crippen LogP contribution in [-0.4, -0.2) is 118 Å². The van der Waals surface area contributed by atoms with Gasteiger partial charge in [-0.15, -0.1) is 0 Å². The number of morpholine rings is 1. The molecule has 15 nitrogen and oxygen atoms in total. The summed E-state index contributed by atoms with van der Waals surface area (Å²) in [6.45, 7) is 13.8. The lowest BCUT2D eigenvalue weighted by molar-refractivity contribution is -0.384. The number of sulfonamides is 1. The van der Waals surface area contributed by atoms with Gasteiger partial charge in [0.2, 0.25) is 0 Å². The molecule has 1 aliphatic carbocycles. The van der Waals surface area contributed by atoms with Crippen LogP contribution in [0.1, 0.15) is 56.3 Å². The SMILES string of the molecule is C=C(CCC1=C(CN2CCN(c3ccc(C(=O)NS(=O)(=O)c4ccc(NC[C@@H]5CN(C)CCO5)c([N+](=O)[O-])c4)c(Oc4cnc5[nH]ccc5c4)c3)CC2)CCC(C)(C)C1)C(F)F. The third kappa shape index (κ3) is 11.0. The highest BCUT2D eigenvalue weighted by atomic mass is 32.2. The number of piperazine rings is 1. The number of hydrogen-bond acceptors (Lipinski definition) is 12. The number of carbonyl (C=O) groups is 1. The van der Waals surface area contributed by atoms with E-state index in [4.69, 9.17) is 9.47 Å². The van der Waals surface area contributed by atoms with Crippen molar-refractivity contribution in [2.24, 2.45) is 5.41 Å². The number of aromatic nitrogens is 2. The molecule has 2 aromatic heterocycles. The molecule has 4 aromatic rings. The third-order valence-electron chi connectivity index (χ3n) is 11.9. The molecule has 0 unspecified atom stereocenters. The van der Waals surface area contributed by atoms with E-state index in [1.807, 2.05) is 13.1 Å². The summed E-state index contributed by atoms with van der Waals surface area (Å²) in [7, 11) is -2.64. The minimum atomic E-state index is -4.60. The number of carbonyl (C=O) groups excluding carboxylic acids is 1. The first-order valence-electron chi connectivity index (χ1n) is 20.8. The van der Waals surface area contributed by atoms with E-state index in [0.29, 0.717) is 44.1 Å². The summed E-state index contributed by atoms with van der Waals surface area (Å²) in [5, 5.41) is 15.9. The van der Waals surface area contributed by atoms with E-state index in [-0.39, 0.29) is 47.1 Å². The van der Waals surface area contributed by atoms with Gasteiger partial charge >= 0.3 is 0 Å². The molecule has 1 atom stereocenters. The highest BCUT2D eigenvalue weighted by molar-refractivity contribution is 7.90. The number of likely N-dealkylation sites (N-methyl/N-ethyl adjacent to an activating group) is 1. The number of alkyl halides is 2. The number of nitrogens with one attached hydrogen (secondary N) is 3. The second kappa shape index (κ2) is 18.9. The van der Waals surface area contributed by atoms with Gasteiger partial charge in [-0.2, -0.15) is 0 Å². The Bertz CT molecular complexity index is 2450. The van der Waals surface area contributed by atoms with Gasteiger partial charge in [-0.1, -0.05) is 31.6 Å². The van der Waals surface area contributed by atoms with Crippen LogP contribution in [0.5, 0.6) is 11.5 Å². The molecule has 0 bridgehead atoms. The molecule has 3 aliphatic rings. The first-order valence-corrected chi connectivity index (χ1v) is 22.3. The number of halogens is 2. The van der Waals surface area contributed by atoms with E-state index >= 15 is 0 Å². The standard InChI is InChI=1S/C44H54F2N8O7S/c1-29(41(45)46)5-6-31-24-44(2,3)13-11-32(31)27-52-15-17-53(18-16-52)33-7-9-37(40(22-33)61-34-21-30-12-14-47-42(30)49-25-34)43(55)50-62(58,59)36-8-10-38(39(23-36)54(56)57)48-26-35-28-51(4)19-20-60-35/h7-10,12,14,21-23,25,35,41,48H,1,5-6,11,13,15-20,24,26-28H2,2-4H3,(H,47,49)(H,50,55)/t35-/m1/s1. The Hall–Kier alpha value is -5.43. The fourth-order valence-electron chi connectivity index (χ4n) is 8.28. The number of pyridine rings is 1. The summed E-state index contributed by atoms with van der Waals surface area (Å²) in [5.74, 6) is -0.593. The van der Waals surface area contributed by atoms with Crippen LogP contribution in [0.4, 0.5) is 25.8 Å². The second-order valence-corrected chi connectivity index (χ2v) is 18.8. The van der Waals surface area contributed by atoms with Crippen molar-refractivity contribution in [3.63, 3.8) is 0 Å². The summed E-state index contributed by atoms with van der Waals surface area (Å²) >= 11 is 0. The smallest absolute Gasteiger partial charge is 0.293 e. The van der Waals surface area contributed by atoms with Crippen LogP contribution in [0.15, 0.2) is 89.1 Å². The maximum Gasteiger partial charge on any atom is 0.293 e. The Morgan fingerprint density at radius 2 is 1.90 bits per heavy atom. The van der Waals surface area contributed by atoms with Crippen molar-refractivity contribution in [2.75, 3.05) is 76.2 Å². The molecule has 1 amide bonds. The zero-order valence-electron chi connectivity index (χ0n) is 35.3. The molecule has 2 aromatic carbocycles. The average Bonchev–Trinajstić information content (AvgIpc) is 3.71. The molecule has 0 spiro atoms. The number of ether oxygens (including phenoxy) is 2. The molecule has 2 saturated heterocycles. The lowest BCUT2D eigenvalue weighted by Crippen LogP contribution is -2.47. The number of anilines is 2. The summed E-state index contributed by atoms with van der Waals surface area (Å²) in [6, 6.07) is 11.9. The summed E-state index contributed by atoms with van der Waals surface area (Å²) in [4.78, 5) is 38.9. The summed E-state index contributed by atoms with van der Waals surface area (Å²) in [6.07, 6.45) is 4.23. The Morgan fingerprint density at radius 1 is 1.11 bits per heavy atom. The lowest BCUT2D eigenvalue weighted by atomic mass is 9.73. The maximum absolute atomic E-state index is 13.9. The topological polar surface area (TPSA) is 175 Å². The van der Waals surface area contributed by atoms with E-state index in [2.05, 4.69) is 55.1 Å². The predicted octanol–water partition coefficient (Wildman–Crippen LogP) is 7.35. The zero-order valence-corrected chi connectivity index (χ0v) is 36.1. The van der Waals surface area contributed by atoms with Crippen LogP contribution >= 0.6 is 0 Å². The number of amides is 1. The van der Waals surface area contributed by atoms with Crippen LogP contribution in [0, 0.1) is 15.5 Å². The second-order valence-electron chi connectivity index (χ2n) is 17.1. The van der Waals surface area contributed by atoms with Crippen LogP contribution in [0.3, 0.4) is 0 Å². The molecule has 4 heterocycles. The van der Waals surface area contributed by atoms with E-state index < -0.39 is 37.9 Å². The molecule has 7 rings (SSSR count). The van der Waals surface area contributed by atoms with Crippen LogP contribution in [0.25, 0.3) is 11.0 Å². The van der Waals surface area contributed by atoms with Crippen molar-refractivity contribution < 1.29 is 36.4 Å². The van der Waals surface area contributed by atoms with Gasteiger partial charge in [0.05, 0.1) is 34.3 Å². The lowest BCUT2D eigenvalue weighted by Gasteiger charge is -2.39. The molecule has 2 fully saturated rings. The van der Waals surface area contributed by atoms with E-state index in [0.717, 1.165) is 62.6 Å². The van der Waals surface area contributed by atoms with E-state index in [9.17, 15) is 32.1 Å². The van der Waals surface area contributed by atoms with Gasteiger partial charge in [0.15, 0.2) is 0 Å². The molecule has 18 heteroatoms. The van der Waals surface area contributed by atoms with Gasteiger partial charge in [-0.05, 0) is 86.5 Å². The monoisotopic (exact) mass is 876 g/mol. The molecule has 2 aliphatic heterocycles. The van der Waals surface area contributed by atoms with E-state index in [1.165, 1.54) is 35.5 Å². The Balaban J connectivity index is 1.08. The highest BCUT2D eigenvalue weighted by Crippen LogP contribution is 2.41. The summed E-state index contributed by atoms with van der Waals surface area (Å²) < 4.78 is 67.9. The third-order valence-corrected chi connectivity index (χ3v) is 13.2. The minimum Gasteiger partial charge on any atom is -0.455 e. The van der Waals surface area contributed by atoms with Crippen molar-refractivity contribution in [1.29, 1.82) is 0 Å². The number of nitro benzene ring substituents is 1. The van der Waals surface area contributed by atoms with Gasteiger partial charge in [0.25, 0.3) is 28.0 Å². The predicted molar refractivity (Wildman–Crippen MR) is 234 cm³/mol. The average molecular weight is 877 g/mol. The van der Waals surface area contributed by atoms with Crippen LogP contribution in [-0.2, 0) is 14.8 Å². The number of benzene rings is 2. The molecule has 332 valence electrons. The number of hydrogen-bond donors (Lipinski definition) is 3. The van der Waals surface area contributed by atoms with Gasteiger partial charge < -0.3 is 29.6 Å². The Kier molecular flexibility index (Phi) is 13.6. The first kappa shape index (κ1) is 44.6. The van der Waals surface area contributed by atoms with Crippen LogP contribution in [0.2, 0.25) is 0 Å². The minimum absolute atomic E-state index is 0.0254. The number of nitro groups is 1. The quantitative estimate of drug-likeness (QED) is 0.0581. The number of rotatable bonds is 16. The number of nitrogens with zero attached hydrogens (tertiary/aromatic N) is 5. The number of allylic oxidation sites excluding steroid dienone is 2. The van der Waals surface area contributed by atoms with Gasteiger partial charge in [-0.25, -0.2) is 26.9 Å². The van der Waals surface area contributed by atoms with Crippen molar-refractivity contribution >= 4 is 44.0 Å². The first-order chi connectivity index (χ1) is 29.5. The normalized spacial score (nSPS) is 18.9. The van der Waals surface area contributed by atoms with E-state index in [1.54, 1.807) is 24.4 Å². The zero-order chi connectivity index (χ0) is 44.2. The van der Waals surface area contributed by atoms with Crippen molar-refractivity contribution in [3.05, 3.63) is 99.9 Å². The molecular weight excluding hydrogens is 823 g/mol. The number of H-pyrrole nitrogens is 1. The molecular formula is C44H54F2N8O7S. The molecule has 3 N–H and O–H groups in total. The highest BCUT2D eigenvalue weighted by Gasteiger charge is 2.30. The van der Waals surface area contributed by atoms with Crippen molar-refractivity contribution in [2.45, 2.75) is 63.4 Å². The number of fused-ring (bicyclic) bond motifs is 1. The summed E-state index contributed by atoms with van der Waals surface area (Å²) in [5.41, 5.74) is 3.64. The van der Waals surface area contributed by atoms with Crippen molar-refractivity contribution in [3.8, 4) is 11.5 Å². The van der Waals surface area contributed by atoms with Gasteiger partial charge in [0, 0.05) is 81.8 Å². The fraction of sp³-hybridized carbons (Fsp3) is 0.455. The van der Waals surface area contributed by atoms with Crippen LogP contribution < -0.4 is 19.7 Å².